The number of rotatable bonds is 3. The zero-order valence-corrected chi connectivity index (χ0v) is 19.5. The van der Waals surface area contributed by atoms with E-state index >= 15 is 0 Å². The highest BCUT2D eigenvalue weighted by molar-refractivity contribution is 6.26. The van der Waals surface area contributed by atoms with E-state index in [0.29, 0.717) is 24.2 Å². The van der Waals surface area contributed by atoms with Crippen molar-refractivity contribution in [3.05, 3.63) is 57.1 Å². The summed E-state index contributed by atoms with van der Waals surface area (Å²) in [4.78, 5) is 55.9. The maximum atomic E-state index is 14.1. The number of nitro groups is 1. The monoisotopic (exact) mass is 476 g/mol. The molecule has 10 nitrogen and oxygen atoms in total. The molecule has 3 amide bonds. The van der Waals surface area contributed by atoms with Crippen molar-refractivity contribution in [3.63, 3.8) is 0 Å². The first kappa shape index (κ1) is 21.7. The molecule has 35 heavy (non-hydrogen) atoms. The Bertz CT molecular complexity index is 1360. The number of para-hydroxylation sites is 1. The zero-order valence-electron chi connectivity index (χ0n) is 19.5. The number of anilines is 2. The van der Waals surface area contributed by atoms with Crippen molar-refractivity contribution in [2.24, 2.45) is 11.8 Å². The van der Waals surface area contributed by atoms with Crippen molar-refractivity contribution < 1.29 is 24.0 Å². The summed E-state index contributed by atoms with van der Waals surface area (Å²) < 4.78 is 5.20. The summed E-state index contributed by atoms with van der Waals surface area (Å²) in [6, 6.07) is 8.10. The summed E-state index contributed by atoms with van der Waals surface area (Å²) in [5, 5.41) is 14.5. The smallest absolute Gasteiger partial charge is 0.311 e. The number of imide groups is 1. The second kappa shape index (κ2) is 7.11. The fourth-order valence-corrected chi connectivity index (χ4v) is 6.82. The molecule has 10 heteroatoms. The van der Waals surface area contributed by atoms with Crippen LogP contribution in [-0.2, 0) is 19.9 Å². The van der Waals surface area contributed by atoms with E-state index in [9.17, 15) is 24.5 Å². The highest BCUT2D eigenvalue weighted by Gasteiger charge is 2.74. The largest absolute Gasteiger partial charge is 0.490 e. The summed E-state index contributed by atoms with van der Waals surface area (Å²) in [6.07, 6.45) is 1.54. The van der Waals surface area contributed by atoms with Crippen molar-refractivity contribution in [3.8, 4) is 5.75 Å². The Balaban J connectivity index is 1.54. The normalized spacial score (nSPS) is 28.9. The van der Waals surface area contributed by atoms with Crippen LogP contribution in [-0.4, -0.2) is 47.2 Å². The number of carbonyl (C=O) groups excluding carboxylic acids is 3. The van der Waals surface area contributed by atoms with Gasteiger partial charge in [0.15, 0.2) is 5.75 Å². The molecule has 6 rings (SSSR count). The maximum absolute atomic E-state index is 14.1. The average Bonchev–Trinajstić information content (AvgIpc) is 3.53. The number of hydrogen-bond donors (Lipinski definition) is 1. The molecule has 4 aliphatic heterocycles. The lowest BCUT2D eigenvalue weighted by atomic mass is 9.75. The number of fused-ring (bicyclic) bond motifs is 7. The SMILES string of the molecule is COc1cc(N2C(=O)[C@H]3[C@@H](C2=O)[C@]2(C(=O)Nc4c(C)cccc42)N2CCC[C@@H]32)c(C)cc1[N+](=O)[O-]. The minimum absolute atomic E-state index is 0.0370. The van der Waals surface area contributed by atoms with Gasteiger partial charge in [-0.3, -0.25) is 29.4 Å². The van der Waals surface area contributed by atoms with Gasteiger partial charge >= 0.3 is 5.69 Å². The molecule has 180 valence electrons. The number of benzene rings is 2. The Kier molecular flexibility index (Phi) is 4.41. The molecule has 0 aliphatic carbocycles. The van der Waals surface area contributed by atoms with E-state index < -0.39 is 28.2 Å². The third-order valence-corrected chi connectivity index (χ3v) is 8.17. The van der Waals surface area contributed by atoms with Crippen LogP contribution in [0.2, 0.25) is 0 Å². The van der Waals surface area contributed by atoms with Crippen LogP contribution >= 0.6 is 0 Å². The van der Waals surface area contributed by atoms with Crippen LogP contribution < -0.4 is 15.0 Å². The number of amides is 3. The Morgan fingerprint density at radius 3 is 2.63 bits per heavy atom. The molecule has 3 saturated heterocycles. The number of carbonyl (C=O) groups is 3. The first-order chi connectivity index (χ1) is 16.7. The van der Waals surface area contributed by atoms with Gasteiger partial charge in [-0.2, -0.15) is 0 Å². The number of nitrogens with one attached hydrogen (secondary N) is 1. The minimum atomic E-state index is -1.26. The minimum Gasteiger partial charge on any atom is -0.490 e. The molecule has 2 aromatic carbocycles. The maximum Gasteiger partial charge on any atom is 0.311 e. The van der Waals surface area contributed by atoms with Crippen LogP contribution in [0.1, 0.15) is 29.5 Å². The number of ether oxygens (including phenoxy) is 1. The standard InChI is InChI=1S/C25H24N4O6/c1-12-6-4-7-14-21(12)26-24(32)25(14)20-19(15-8-5-9-27(15)25)22(30)28(23(20)31)16-11-18(35-3)17(29(33)34)10-13(16)2/h4,6-7,10-11,15,19-20H,5,8-9H2,1-3H3,(H,26,32)/t15-,19+,20-,25+/m0/s1. The third kappa shape index (κ3) is 2.49. The lowest BCUT2D eigenvalue weighted by molar-refractivity contribution is -0.385. The molecule has 4 atom stereocenters. The molecule has 0 radical (unpaired) electrons. The van der Waals surface area contributed by atoms with Gasteiger partial charge in [0.2, 0.25) is 17.7 Å². The lowest BCUT2D eigenvalue weighted by Gasteiger charge is -2.36. The number of hydrogen-bond acceptors (Lipinski definition) is 7. The van der Waals surface area contributed by atoms with Gasteiger partial charge in [-0.15, -0.1) is 0 Å². The highest BCUT2D eigenvalue weighted by atomic mass is 16.6. The Morgan fingerprint density at radius 2 is 1.91 bits per heavy atom. The Labute approximate surface area is 201 Å². The summed E-state index contributed by atoms with van der Waals surface area (Å²) in [7, 11) is 1.30. The molecule has 4 heterocycles. The first-order valence-electron chi connectivity index (χ1n) is 11.6. The van der Waals surface area contributed by atoms with Crippen LogP contribution in [0.5, 0.6) is 5.75 Å². The second-order valence-electron chi connectivity index (χ2n) is 9.70. The number of nitrogens with zero attached hydrogens (tertiary/aromatic N) is 3. The van der Waals surface area contributed by atoms with Gasteiger partial charge in [0.05, 0.1) is 29.6 Å². The second-order valence-corrected chi connectivity index (χ2v) is 9.70. The molecule has 4 aliphatic rings. The molecule has 1 N–H and O–H groups in total. The summed E-state index contributed by atoms with van der Waals surface area (Å²) in [5.74, 6) is -2.71. The lowest BCUT2D eigenvalue weighted by Crippen LogP contribution is -2.54. The van der Waals surface area contributed by atoms with E-state index in [1.165, 1.54) is 19.2 Å². The van der Waals surface area contributed by atoms with Crippen LogP contribution in [0.4, 0.5) is 17.1 Å². The van der Waals surface area contributed by atoms with E-state index in [1.807, 2.05) is 25.1 Å². The van der Waals surface area contributed by atoms with E-state index in [1.54, 1.807) is 6.92 Å². The van der Waals surface area contributed by atoms with Crippen LogP contribution in [0.25, 0.3) is 0 Å². The van der Waals surface area contributed by atoms with Gasteiger partial charge in [0, 0.05) is 29.4 Å². The highest BCUT2D eigenvalue weighted by Crippen LogP contribution is 2.61. The quantitative estimate of drug-likeness (QED) is 0.411. The summed E-state index contributed by atoms with van der Waals surface area (Å²) in [5.41, 5.74) is 1.50. The van der Waals surface area contributed by atoms with E-state index in [2.05, 4.69) is 10.2 Å². The summed E-state index contributed by atoms with van der Waals surface area (Å²) in [6.45, 7) is 4.16. The van der Waals surface area contributed by atoms with Crippen molar-refractivity contribution in [1.29, 1.82) is 0 Å². The molecule has 0 aromatic heterocycles. The van der Waals surface area contributed by atoms with E-state index in [0.717, 1.165) is 22.4 Å². The van der Waals surface area contributed by atoms with Crippen LogP contribution in [0.15, 0.2) is 30.3 Å². The van der Waals surface area contributed by atoms with Gasteiger partial charge in [-0.1, -0.05) is 18.2 Å². The van der Waals surface area contributed by atoms with Crippen LogP contribution in [0, 0.1) is 35.8 Å². The molecule has 0 unspecified atom stereocenters. The fraction of sp³-hybridized carbons (Fsp3) is 0.400. The topological polar surface area (TPSA) is 122 Å². The van der Waals surface area contributed by atoms with Gasteiger partial charge in [-0.25, -0.2) is 4.90 Å². The van der Waals surface area contributed by atoms with Gasteiger partial charge in [0.25, 0.3) is 0 Å². The van der Waals surface area contributed by atoms with E-state index in [-0.39, 0.29) is 35.0 Å². The van der Waals surface area contributed by atoms with Crippen molar-refractivity contribution in [2.75, 3.05) is 23.9 Å². The van der Waals surface area contributed by atoms with Gasteiger partial charge in [-0.05, 0) is 44.4 Å². The summed E-state index contributed by atoms with van der Waals surface area (Å²) >= 11 is 0. The first-order valence-corrected chi connectivity index (χ1v) is 11.6. The molecule has 2 aromatic rings. The Morgan fingerprint density at radius 1 is 1.14 bits per heavy atom. The van der Waals surface area contributed by atoms with E-state index in [4.69, 9.17) is 4.74 Å². The van der Waals surface area contributed by atoms with Crippen molar-refractivity contribution in [1.82, 2.24) is 4.90 Å². The number of aryl methyl sites for hydroxylation is 2. The molecule has 0 bridgehead atoms. The average molecular weight is 476 g/mol. The molecule has 1 spiro atoms. The van der Waals surface area contributed by atoms with Crippen molar-refractivity contribution >= 4 is 34.8 Å². The fourth-order valence-electron chi connectivity index (χ4n) is 6.82. The van der Waals surface area contributed by atoms with Crippen molar-refractivity contribution in [2.45, 2.75) is 38.3 Å². The van der Waals surface area contributed by atoms with Crippen LogP contribution in [0.3, 0.4) is 0 Å². The predicted octanol–water partition coefficient (Wildman–Crippen LogP) is 2.65. The Hall–Kier alpha value is -3.79. The zero-order chi connectivity index (χ0) is 24.8. The third-order valence-electron chi connectivity index (χ3n) is 8.17. The predicted molar refractivity (Wildman–Crippen MR) is 125 cm³/mol. The molecular formula is C25H24N4O6. The van der Waals surface area contributed by atoms with Gasteiger partial charge in [0.1, 0.15) is 5.54 Å². The van der Waals surface area contributed by atoms with Gasteiger partial charge < -0.3 is 10.1 Å². The number of nitro benzene ring substituents is 1. The number of methoxy groups -OCH3 is 1. The molecular weight excluding hydrogens is 452 g/mol. The molecule has 3 fully saturated rings. The molecule has 0 saturated carbocycles.